The van der Waals surface area contributed by atoms with Crippen LogP contribution in [0.5, 0.6) is 0 Å². The van der Waals surface area contributed by atoms with Gasteiger partial charge in [0, 0.05) is 12.3 Å². The van der Waals surface area contributed by atoms with E-state index in [0.717, 1.165) is 25.2 Å². The quantitative estimate of drug-likeness (QED) is 0.812. The van der Waals surface area contributed by atoms with Gasteiger partial charge in [-0.3, -0.25) is 0 Å². The highest BCUT2D eigenvalue weighted by Gasteiger charge is 2.31. The van der Waals surface area contributed by atoms with Crippen molar-refractivity contribution in [3.63, 3.8) is 0 Å². The van der Waals surface area contributed by atoms with Gasteiger partial charge in [0.05, 0.1) is 9.92 Å². The van der Waals surface area contributed by atoms with Gasteiger partial charge in [0.2, 0.25) is 10.0 Å². The van der Waals surface area contributed by atoms with Gasteiger partial charge >= 0.3 is 0 Å². The predicted octanol–water partition coefficient (Wildman–Crippen LogP) is 1.15. The maximum Gasteiger partial charge on any atom is 0.242 e. The van der Waals surface area contributed by atoms with Gasteiger partial charge in [-0.15, -0.1) is 0 Å². The van der Waals surface area contributed by atoms with E-state index in [9.17, 15) is 16.8 Å². The summed E-state index contributed by atoms with van der Waals surface area (Å²) in [7, 11) is -7.42. The van der Waals surface area contributed by atoms with Crippen LogP contribution in [0.2, 0.25) is 5.02 Å². The number of nitrogens with two attached hydrogens (primary N) is 1. The van der Waals surface area contributed by atoms with Gasteiger partial charge in [0.25, 0.3) is 0 Å². The zero-order valence-electron chi connectivity index (χ0n) is 12.1. The van der Waals surface area contributed by atoms with E-state index in [1.54, 1.807) is 0 Å². The lowest BCUT2D eigenvalue weighted by molar-refractivity contribution is 0.453. The Labute approximate surface area is 136 Å². The van der Waals surface area contributed by atoms with Gasteiger partial charge in [-0.25, -0.2) is 21.6 Å². The molecule has 6 nitrogen and oxygen atoms in total. The second-order valence-electron chi connectivity index (χ2n) is 5.52. The van der Waals surface area contributed by atoms with E-state index in [1.807, 2.05) is 0 Å². The van der Waals surface area contributed by atoms with E-state index in [-0.39, 0.29) is 26.8 Å². The summed E-state index contributed by atoms with van der Waals surface area (Å²) >= 11 is 5.95. The Kier molecular flexibility index (Phi) is 5.18. The minimum Gasteiger partial charge on any atom is -0.330 e. The summed E-state index contributed by atoms with van der Waals surface area (Å²) < 4.78 is 50.8. The van der Waals surface area contributed by atoms with E-state index in [0.29, 0.717) is 13.0 Å². The predicted molar refractivity (Wildman–Crippen MR) is 85.1 cm³/mol. The topological polar surface area (TPSA) is 106 Å². The van der Waals surface area contributed by atoms with E-state index in [4.69, 9.17) is 17.3 Å². The first kappa shape index (κ1) is 17.7. The molecule has 1 aliphatic carbocycles. The molecule has 1 aromatic carbocycles. The van der Waals surface area contributed by atoms with Gasteiger partial charge in [-0.2, -0.15) is 0 Å². The highest BCUT2D eigenvalue weighted by atomic mass is 35.5. The molecule has 1 saturated carbocycles. The second-order valence-corrected chi connectivity index (χ2v) is 9.62. The molecular weight excluding hydrogens is 348 g/mol. The SMILES string of the molecule is CS(=O)(=O)c1ccc(Cl)c(S(=O)(=O)N[C@H]2CCC[C@H]2CN)c1. The van der Waals surface area contributed by atoms with Crippen molar-refractivity contribution >= 4 is 31.5 Å². The Morgan fingerprint density at radius 1 is 1.27 bits per heavy atom. The molecule has 124 valence electrons. The number of hydrogen-bond donors (Lipinski definition) is 2. The minimum atomic E-state index is -3.90. The van der Waals surface area contributed by atoms with Gasteiger partial charge < -0.3 is 5.73 Å². The summed E-state index contributed by atoms with van der Waals surface area (Å²) in [5, 5.41) is -0.0119. The molecule has 1 aromatic rings. The van der Waals surface area contributed by atoms with Crippen LogP contribution < -0.4 is 10.5 Å². The number of benzene rings is 1. The second kappa shape index (κ2) is 6.45. The average Bonchev–Trinajstić information content (AvgIpc) is 2.84. The molecular formula is C13H19ClN2O4S2. The van der Waals surface area contributed by atoms with E-state index in [2.05, 4.69) is 4.72 Å². The van der Waals surface area contributed by atoms with Crippen LogP contribution in [0, 0.1) is 5.92 Å². The minimum absolute atomic E-state index is 0.0119. The number of rotatable bonds is 5. The first-order valence-electron chi connectivity index (χ1n) is 6.87. The summed E-state index contributed by atoms with van der Waals surface area (Å²) in [4.78, 5) is -0.307. The summed E-state index contributed by atoms with van der Waals surface area (Å²) in [5.74, 6) is 0.0895. The third-order valence-electron chi connectivity index (χ3n) is 3.89. The van der Waals surface area contributed by atoms with Crippen molar-refractivity contribution in [1.29, 1.82) is 0 Å². The Morgan fingerprint density at radius 2 is 1.95 bits per heavy atom. The molecule has 0 saturated heterocycles. The molecule has 0 aliphatic heterocycles. The molecule has 2 atom stereocenters. The average molecular weight is 367 g/mol. The summed E-state index contributed by atoms with van der Waals surface area (Å²) in [6.45, 7) is 0.407. The highest BCUT2D eigenvalue weighted by molar-refractivity contribution is 7.91. The molecule has 0 bridgehead atoms. The molecule has 0 aromatic heterocycles. The van der Waals surface area contributed by atoms with Gasteiger partial charge in [0.15, 0.2) is 9.84 Å². The number of nitrogens with one attached hydrogen (secondary N) is 1. The van der Waals surface area contributed by atoms with Crippen LogP contribution in [0.15, 0.2) is 28.0 Å². The fourth-order valence-corrected chi connectivity index (χ4v) is 5.24. The van der Waals surface area contributed by atoms with Crippen LogP contribution in [0.1, 0.15) is 19.3 Å². The monoisotopic (exact) mass is 366 g/mol. The van der Waals surface area contributed by atoms with E-state index >= 15 is 0 Å². The van der Waals surface area contributed by atoms with Crippen molar-refractivity contribution in [2.45, 2.75) is 35.1 Å². The maximum absolute atomic E-state index is 12.5. The zero-order chi connectivity index (χ0) is 16.5. The molecule has 0 amide bonds. The molecule has 2 rings (SSSR count). The Balaban J connectivity index is 2.37. The Morgan fingerprint density at radius 3 is 2.55 bits per heavy atom. The van der Waals surface area contributed by atoms with E-state index in [1.165, 1.54) is 12.1 Å². The lowest BCUT2D eigenvalue weighted by Crippen LogP contribution is -2.39. The van der Waals surface area contributed by atoms with Gasteiger partial charge in [-0.05, 0) is 43.5 Å². The Bertz CT molecular complexity index is 762. The van der Waals surface area contributed by atoms with Crippen molar-refractivity contribution in [3.8, 4) is 0 Å². The van der Waals surface area contributed by atoms with Crippen LogP contribution in [0.25, 0.3) is 0 Å². The van der Waals surface area contributed by atoms with Crippen molar-refractivity contribution < 1.29 is 16.8 Å². The third-order valence-corrected chi connectivity index (χ3v) is 6.97. The maximum atomic E-state index is 12.5. The summed E-state index contributed by atoms with van der Waals surface area (Å²) in [6.07, 6.45) is 3.51. The fraction of sp³-hybridized carbons (Fsp3) is 0.538. The number of halogens is 1. The molecule has 0 spiro atoms. The van der Waals surface area contributed by atoms with Gasteiger partial charge in [-0.1, -0.05) is 18.0 Å². The van der Waals surface area contributed by atoms with Crippen molar-refractivity contribution in [1.82, 2.24) is 4.72 Å². The molecule has 0 heterocycles. The fourth-order valence-electron chi connectivity index (χ4n) is 2.66. The number of sulfone groups is 1. The molecule has 0 radical (unpaired) electrons. The number of hydrogen-bond acceptors (Lipinski definition) is 5. The zero-order valence-corrected chi connectivity index (χ0v) is 14.5. The third kappa shape index (κ3) is 3.80. The Hall–Kier alpha value is -0.670. The molecule has 3 N–H and O–H groups in total. The summed E-state index contributed by atoms with van der Waals surface area (Å²) in [5.41, 5.74) is 5.65. The standard InChI is InChI=1S/C13H19ClN2O4S2/c1-21(17,18)10-5-6-11(14)13(7-10)22(19,20)16-12-4-2-3-9(12)8-15/h5-7,9,12,16H,2-4,8,15H2,1H3/t9-,12-/m0/s1. The molecule has 0 unspecified atom stereocenters. The lowest BCUT2D eigenvalue weighted by Gasteiger charge is -2.20. The summed E-state index contributed by atoms with van der Waals surface area (Å²) in [6, 6.07) is 3.41. The molecule has 9 heteroatoms. The largest absolute Gasteiger partial charge is 0.330 e. The number of sulfonamides is 1. The van der Waals surface area contributed by atoms with Crippen LogP contribution in [-0.2, 0) is 19.9 Å². The molecule has 22 heavy (non-hydrogen) atoms. The molecule has 1 fully saturated rings. The van der Waals surface area contributed by atoms with Crippen molar-refractivity contribution in [2.75, 3.05) is 12.8 Å². The van der Waals surface area contributed by atoms with Crippen LogP contribution in [0.3, 0.4) is 0 Å². The molecule has 1 aliphatic rings. The first-order valence-corrected chi connectivity index (χ1v) is 10.6. The van der Waals surface area contributed by atoms with Gasteiger partial charge in [0.1, 0.15) is 4.90 Å². The van der Waals surface area contributed by atoms with Crippen molar-refractivity contribution in [3.05, 3.63) is 23.2 Å². The van der Waals surface area contributed by atoms with Crippen LogP contribution >= 0.6 is 11.6 Å². The lowest BCUT2D eigenvalue weighted by atomic mass is 10.1. The first-order chi connectivity index (χ1) is 10.1. The normalized spacial score (nSPS) is 22.9. The van der Waals surface area contributed by atoms with E-state index < -0.39 is 19.9 Å². The smallest absolute Gasteiger partial charge is 0.242 e. The van der Waals surface area contributed by atoms with Crippen molar-refractivity contribution in [2.24, 2.45) is 11.7 Å². The highest BCUT2D eigenvalue weighted by Crippen LogP contribution is 2.29. The van der Waals surface area contributed by atoms with Crippen LogP contribution in [0.4, 0.5) is 0 Å². The van der Waals surface area contributed by atoms with Crippen LogP contribution in [-0.4, -0.2) is 35.7 Å².